The van der Waals surface area contributed by atoms with Crippen LogP contribution in [0.15, 0.2) is 53.0 Å². The van der Waals surface area contributed by atoms with Crippen LogP contribution in [0.2, 0.25) is 0 Å². The number of hydrogen-bond donors (Lipinski definition) is 2. The van der Waals surface area contributed by atoms with Crippen LogP contribution in [-0.4, -0.2) is 25.5 Å². The lowest BCUT2D eigenvalue weighted by molar-refractivity contribution is -0.124. The first-order valence-electron chi connectivity index (χ1n) is 7.50. The summed E-state index contributed by atoms with van der Waals surface area (Å²) in [6, 6.07) is 14.5. The summed E-state index contributed by atoms with van der Waals surface area (Å²) in [5, 5.41) is 5.72. The molecular weight excluding hydrogens is 372 g/mol. The summed E-state index contributed by atoms with van der Waals surface area (Å²) < 4.78 is 6.06. The van der Waals surface area contributed by atoms with Crippen molar-refractivity contribution in [3.8, 4) is 0 Å². The molecule has 2 aromatic carbocycles. The third kappa shape index (κ3) is 4.83. The summed E-state index contributed by atoms with van der Waals surface area (Å²) >= 11 is 3.37. The van der Waals surface area contributed by atoms with Crippen LogP contribution in [0.4, 0.5) is 5.69 Å². The number of hydrogen-bond acceptors (Lipinski definition) is 4. The smallest absolute Gasteiger partial charge is 0.340 e. The Balaban J connectivity index is 1.88. The van der Waals surface area contributed by atoms with Crippen LogP contribution in [0.5, 0.6) is 0 Å². The molecule has 0 aliphatic heterocycles. The van der Waals surface area contributed by atoms with Gasteiger partial charge in [-0.25, -0.2) is 4.79 Å². The van der Waals surface area contributed by atoms with Gasteiger partial charge in [0.05, 0.1) is 11.6 Å². The summed E-state index contributed by atoms with van der Waals surface area (Å²) in [5.41, 5.74) is 2.03. The van der Waals surface area contributed by atoms with Crippen LogP contribution < -0.4 is 10.6 Å². The Bertz CT molecular complexity index is 716. The summed E-state index contributed by atoms with van der Waals surface area (Å²) in [7, 11) is 1.72. The highest BCUT2D eigenvalue weighted by atomic mass is 79.9. The molecule has 126 valence electrons. The first kappa shape index (κ1) is 18.0. The standard InChI is InChI=1S/C18H19BrN2O3/c1-12(13-7-9-14(19)10-8-13)21-17(22)11-24-18(23)15-5-3-4-6-16(15)20-2/h3-10,12,20H,11H2,1-2H3,(H,21,22)/t12-/m0/s1. The number of ether oxygens (including phenoxy) is 1. The fourth-order valence-electron chi connectivity index (χ4n) is 2.21. The first-order valence-corrected chi connectivity index (χ1v) is 8.29. The molecule has 0 aliphatic carbocycles. The maximum Gasteiger partial charge on any atom is 0.340 e. The number of anilines is 1. The lowest BCUT2D eigenvalue weighted by atomic mass is 10.1. The van der Waals surface area contributed by atoms with Crippen molar-refractivity contribution in [2.75, 3.05) is 19.0 Å². The predicted molar refractivity (Wildman–Crippen MR) is 97.0 cm³/mol. The van der Waals surface area contributed by atoms with Crippen molar-refractivity contribution in [1.29, 1.82) is 0 Å². The molecule has 0 saturated carbocycles. The number of rotatable bonds is 6. The molecule has 0 heterocycles. The van der Waals surface area contributed by atoms with E-state index in [9.17, 15) is 9.59 Å². The summed E-state index contributed by atoms with van der Waals surface area (Å²) in [5.74, 6) is -0.882. The molecule has 0 spiro atoms. The Kier molecular flexibility index (Phi) is 6.37. The van der Waals surface area contributed by atoms with E-state index in [4.69, 9.17) is 4.74 Å². The third-order valence-corrected chi connectivity index (χ3v) is 4.03. The van der Waals surface area contributed by atoms with Crippen LogP contribution in [0.3, 0.4) is 0 Å². The Morgan fingerprint density at radius 3 is 2.46 bits per heavy atom. The minimum absolute atomic E-state index is 0.172. The van der Waals surface area contributed by atoms with Crippen LogP contribution in [0, 0.1) is 0 Å². The molecular formula is C18H19BrN2O3. The van der Waals surface area contributed by atoms with E-state index in [1.165, 1.54) is 0 Å². The van der Waals surface area contributed by atoms with Crippen molar-refractivity contribution < 1.29 is 14.3 Å². The zero-order valence-electron chi connectivity index (χ0n) is 13.5. The Morgan fingerprint density at radius 1 is 1.12 bits per heavy atom. The highest BCUT2D eigenvalue weighted by Gasteiger charge is 2.15. The lowest BCUT2D eigenvalue weighted by Crippen LogP contribution is -2.31. The van der Waals surface area contributed by atoms with Crippen LogP contribution in [0.25, 0.3) is 0 Å². The number of nitrogens with one attached hydrogen (secondary N) is 2. The van der Waals surface area contributed by atoms with Crippen molar-refractivity contribution >= 4 is 33.5 Å². The van der Waals surface area contributed by atoms with Gasteiger partial charge in [-0.05, 0) is 36.8 Å². The zero-order chi connectivity index (χ0) is 17.5. The van der Waals surface area contributed by atoms with Crippen LogP contribution >= 0.6 is 15.9 Å². The summed E-state index contributed by atoms with van der Waals surface area (Å²) in [6.07, 6.45) is 0. The van der Waals surface area contributed by atoms with Gasteiger partial charge in [-0.15, -0.1) is 0 Å². The van der Waals surface area contributed by atoms with E-state index >= 15 is 0 Å². The van der Waals surface area contributed by atoms with Gasteiger partial charge in [-0.1, -0.05) is 40.2 Å². The van der Waals surface area contributed by atoms with E-state index < -0.39 is 5.97 Å². The quantitative estimate of drug-likeness (QED) is 0.740. The molecule has 1 atom stereocenters. The minimum atomic E-state index is -0.536. The lowest BCUT2D eigenvalue weighted by Gasteiger charge is -2.15. The molecule has 0 aliphatic rings. The van der Waals surface area contributed by atoms with Gasteiger partial charge in [0.2, 0.25) is 0 Å². The Labute approximate surface area is 149 Å². The van der Waals surface area contributed by atoms with Crippen molar-refractivity contribution in [2.24, 2.45) is 0 Å². The van der Waals surface area contributed by atoms with Gasteiger partial charge in [0.15, 0.2) is 6.61 Å². The third-order valence-electron chi connectivity index (χ3n) is 3.50. The van der Waals surface area contributed by atoms with Crippen molar-refractivity contribution in [1.82, 2.24) is 5.32 Å². The number of esters is 1. The maximum absolute atomic E-state index is 12.1. The molecule has 2 N–H and O–H groups in total. The highest BCUT2D eigenvalue weighted by Crippen LogP contribution is 2.17. The minimum Gasteiger partial charge on any atom is -0.452 e. The van der Waals surface area contributed by atoms with Gasteiger partial charge in [-0.2, -0.15) is 0 Å². The summed E-state index contributed by atoms with van der Waals surface area (Å²) in [6.45, 7) is 1.55. The number of halogens is 1. The molecule has 0 unspecified atom stereocenters. The fourth-order valence-corrected chi connectivity index (χ4v) is 2.47. The van der Waals surface area contributed by atoms with E-state index in [0.717, 1.165) is 10.0 Å². The zero-order valence-corrected chi connectivity index (χ0v) is 15.1. The van der Waals surface area contributed by atoms with Gasteiger partial charge in [0, 0.05) is 17.2 Å². The normalized spacial score (nSPS) is 11.5. The second-order valence-corrected chi connectivity index (χ2v) is 6.13. The summed E-state index contributed by atoms with van der Waals surface area (Å²) in [4.78, 5) is 24.0. The van der Waals surface area contributed by atoms with Crippen LogP contribution in [0.1, 0.15) is 28.9 Å². The fraction of sp³-hybridized carbons (Fsp3) is 0.222. The molecule has 1 amide bonds. The molecule has 0 aromatic heterocycles. The SMILES string of the molecule is CNc1ccccc1C(=O)OCC(=O)N[C@@H](C)c1ccc(Br)cc1. The van der Waals surface area contributed by atoms with Gasteiger partial charge in [0.25, 0.3) is 5.91 Å². The molecule has 6 heteroatoms. The number of carbonyl (C=O) groups excluding carboxylic acids is 2. The van der Waals surface area contributed by atoms with E-state index in [0.29, 0.717) is 11.3 Å². The van der Waals surface area contributed by atoms with E-state index in [1.54, 1.807) is 25.2 Å². The average Bonchev–Trinajstić information content (AvgIpc) is 2.60. The van der Waals surface area contributed by atoms with Crippen molar-refractivity contribution in [3.63, 3.8) is 0 Å². The Morgan fingerprint density at radius 2 is 1.79 bits per heavy atom. The molecule has 0 saturated heterocycles. The van der Waals surface area contributed by atoms with Gasteiger partial charge >= 0.3 is 5.97 Å². The number of para-hydroxylation sites is 1. The molecule has 0 radical (unpaired) electrons. The van der Waals surface area contributed by atoms with E-state index in [1.807, 2.05) is 37.3 Å². The molecule has 2 aromatic rings. The topological polar surface area (TPSA) is 67.4 Å². The first-order chi connectivity index (χ1) is 11.5. The molecule has 5 nitrogen and oxygen atoms in total. The second kappa shape index (κ2) is 8.49. The second-order valence-electron chi connectivity index (χ2n) is 5.21. The monoisotopic (exact) mass is 390 g/mol. The van der Waals surface area contributed by atoms with Gasteiger partial charge in [-0.3, -0.25) is 4.79 Å². The Hall–Kier alpha value is -2.34. The molecule has 24 heavy (non-hydrogen) atoms. The molecule has 0 fully saturated rings. The largest absolute Gasteiger partial charge is 0.452 e. The van der Waals surface area contributed by atoms with E-state index in [-0.39, 0.29) is 18.6 Å². The molecule has 2 rings (SSSR count). The number of benzene rings is 2. The predicted octanol–water partition coefficient (Wildman–Crippen LogP) is 3.53. The average molecular weight is 391 g/mol. The van der Waals surface area contributed by atoms with Gasteiger partial charge < -0.3 is 15.4 Å². The van der Waals surface area contributed by atoms with Crippen molar-refractivity contribution in [2.45, 2.75) is 13.0 Å². The highest BCUT2D eigenvalue weighted by molar-refractivity contribution is 9.10. The van der Waals surface area contributed by atoms with E-state index in [2.05, 4.69) is 26.6 Å². The maximum atomic E-state index is 12.1. The van der Waals surface area contributed by atoms with Gasteiger partial charge in [0.1, 0.15) is 0 Å². The van der Waals surface area contributed by atoms with Crippen molar-refractivity contribution in [3.05, 3.63) is 64.1 Å². The number of amides is 1. The number of carbonyl (C=O) groups is 2. The van der Waals surface area contributed by atoms with Crippen LogP contribution in [-0.2, 0) is 9.53 Å². The molecule has 0 bridgehead atoms.